The molecule has 2 rings (SSSR count). The third kappa shape index (κ3) is 3.41. The van der Waals surface area contributed by atoms with Crippen LogP contribution in [-0.2, 0) is 4.74 Å². The highest BCUT2D eigenvalue weighted by Crippen LogP contribution is 2.26. The van der Waals surface area contributed by atoms with E-state index in [4.69, 9.17) is 15.2 Å². The number of pyridine rings is 1. The molecule has 1 aromatic heterocycles. The highest BCUT2D eigenvalue weighted by atomic mass is 16.5. The van der Waals surface area contributed by atoms with Gasteiger partial charge >= 0.3 is 0 Å². The fraction of sp³-hybridized carbons (Fsp3) is 0.615. The van der Waals surface area contributed by atoms with Gasteiger partial charge in [-0.15, -0.1) is 0 Å². The van der Waals surface area contributed by atoms with E-state index in [0.29, 0.717) is 12.5 Å². The Morgan fingerprint density at radius 2 is 2.47 bits per heavy atom. The summed E-state index contributed by atoms with van der Waals surface area (Å²) in [5, 5.41) is 0. The number of nitrogens with zero attached hydrogens (tertiary/aromatic N) is 1. The number of rotatable bonds is 5. The summed E-state index contributed by atoms with van der Waals surface area (Å²) in [5.41, 5.74) is 7.23. The Bertz CT molecular complexity index is 351. The zero-order valence-corrected chi connectivity index (χ0v) is 10.3. The second kappa shape index (κ2) is 5.98. The van der Waals surface area contributed by atoms with Crippen molar-refractivity contribution in [2.24, 2.45) is 11.7 Å². The smallest absolute Gasteiger partial charge is 0.137 e. The van der Waals surface area contributed by atoms with Crippen LogP contribution in [0.3, 0.4) is 0 Å². The minimum atomic E-state index is 0.0228. The van der Waals surface area contributed by atoms with Gasteiger partial charge in [-0.3, -0.25) is 4.98 Å². The molecule has 1 saturated heterocycles. The summed E-state index contributed by atoms with van der Waals surface area (Å²) in [6.07, 6.45) is 5.62. The number of nitrogens with two attached hydrogens (primary N) is 1. The lowest BCUT2D eigenvalue weighted by molar-refractivity contribution is 0.182. The number of hydrogen-bond donors (Lipinski definition) is 1. The van der Waals surface area contributed by atoms with Gasteiger partial charge in [0.25, 0.3) is 0 Å². The van der Waals surface area contributed by atoms with Crippen LogP contribution in [0.5, 0.6) is 5.75 Å². The summed E-state index contributed by atoms with van der Waals surface area (Å²) in [5.74, 6) is 1.38. The highest BCUT2D eigenvalue weighted by molar-refractivity contribution is 5.25. The third-order valence-corrected chi connectivity index (χ3v) is 3.08. The fourth-order valence-electron chi connectivity index (χ4n) is 2.15. The average Bonchev–Trinajstić information content (AvgIpc) is 2.83. The maximum Gasteiger partial charge on any atom is 0.137 e. The first-order valence-electron chi connectivity index (χ1n) is 6.20. The average molecular weight is 236 g/mol. The van der Waals surface area contributed by atoms with E-state index in [1.54, 1.807) is 6.20 Å². The molecular weight excluding hydrogens is 216 g/mol. The van der Waals surface area contributed by atoms with Crippen LogP contribution in [0.25, 0.3) is 0 Å². The summed E-state index contributed by atoms with van der Waals surface area (Å²) in [4.78, 5) is 4.16. The molecule has 2 unspecified atom stereocenters. The van der Waals surface area contributed by atoms with Gasteiger partial charge in [-0.1, -0.05) is 0 Å². The van der Waals surface area contributed by atoms with Crippen molar-refractivity contribution in [2.45, 2.75) is 25.8 Å². The lowest BCUT2D eigenvalue weighted by Gasteiger charge is -2.16. The second-order valence-corrected chi connectivity index (χ2v) is 4.46. The molecule has 0 radical (unpaired) electrons. The molecule has 4 heteroatoms. The second-order valence-electron chi connectivity index (χ2n) is 4.46. The van der Waals surface area contributed by atoms with Crippen molar-refractivity contribution in [3.05, 3.63) is 24.0 Å². The lowest BCUT2D eigenvalue weighted by Crippen LogP contribution is -2.16. The predicted molar refractivity (Wildman–Crippen MR) is 65.9 cm³/mol. The van der Waals surface area contributed by atoms with Crippen LogP contribution in [-0.4, -0.2) is 24.8 Å². The van der Waals surface area contributed by atoms with Crippen molar-refractivity contribution in [3.8, 4) is 5.75 Å². The number of hydrogen-bond acceptors (Lipinski definition) is 4. The van der Waals surface area contributed by atoms with Crippen molar-refractivity contribution in [1.82, 2.24) is 4.98 Å². The highest BCUT2D eigenvalue weighted by Gasteiger charge is 2.19. The number of aromatic nitrogens is 1. The van der Waals surface area contributed by atoms with E-state index in [1.165, 1.54) is 0 Å². The summed E-state index contributed by atoms with van der Waals surface area (Å²) in [7, 11) is 0. The van der Waals surface area contributed by atoms with Crippen LogP contribution in [0.15, 0.2) is 18.5 Å². The van der Waals surface area contributed by atoms with Crippen molar-refractivity contribution >= 4 is 0 Å². The first-order valence-corrected chi connectivity index (χ1v) is 6.20. The Balaban J connectivity index is 1.97. The van der Waals surface area contributed by atoms with Gasteiger partial charge in [0.1, 0.15) is 5.75 Å². The van der Waals surface area contributed by atoms with Gasteiger partial charge in [-0.25, -0.2) is 0 Å². The monoisotopic (exact) mass is 236 g/mol. The van der Waals surface area contributed by atoms with E-state index in [9.17, 15) is 0 Å². The van der Waals surface area contributed by atoms with Crippen molar-refractivity contribution in [2.75, 3.05) is 19.8 Å². The molecule has 94 valence electrons. The van der Waals surface area contributed by atoms with E-state index in [2.05, 4.69) is 4.98 Å². The van der Waals surface area contributed by atoms with Crippen molar-refractivity contribution in [3.63, 3.8) is 0 Å². The Labute approximate surface area is 102 Å². The van der Waals surface area contributed by atoms with Crippen LogP contribution in [0.2, 0.25) is 0 Å². The van der Waals surface area contributed by atoms with Crippen molar-refractivity contribution in [1.29, 1.82) is 0 Å². The molecule has 1 fully saturated rings. The summed E-state index contributed by atoms with van der Waals surface area (Å²) < 4.78 is 10.8. The van der Waals surface area contributed by atoms with Gasteiger partial charge in [-0.2, -0.15) is 0 Å². The molecule has 0 saturated carbocycles. The zero-order valence-electron chi connectivity index (χ0n) is 10.3. The van der Waals surface area contributed by atoms with Crippen molar-refractivity contribution < 1.29 is 9.47 Å². The fourth-order valence-corrected chi connectivity index (χ4v) is 2.15. The predicted octanol–water partition coefficient (Wildman–Crippen LogP) is 1.91. The molecule has 1 aromatic rings. The van der Waals surface area contributed by atoms with Crippen LogP contribution in [0.4, 0.5) is 0 Å². The Morgan fingerprint density at radius 3 is 3.18 bits per heavy atom. The van der Waals surface area contributed by atoms with E-state index in [-0.39, 0.29) is 6.04 Å². The van der Waals surface area contributed by atoms with Crippen LogP contribution >= 0.6 is 0 Å². The van der Waals surface area contributed by atoms with Gasteiger partial charge in [0.2, 0.25) is 0 Å². The van der Waals surface area contributed by atoms with E-state index < -0.39 is 0 Å². The quantitative estimate of drug-likeness (QED) is 0.848. The molecule has 2 heterocycles. The molecule has 0 aromatic carbocycles. The lowest BCUT2D eigenvalue weighted by atomic mass is 9.96. The molecule has 17 heavy (non-hydrogen) atoms. The minimum absolute atomic E-state index is 0.0228. The molecule has 2 atom stereocenters. The van der Waals surface area contributed by atoms with Crippen LogP contribution in [0, 0.1) is 5.92 Å². The van der Waals surface area contributed by atoms with Gasteiger partial charge in [0.05, 0.1) is 12.8 Å². The Kier molecular flexibility index (Phi) is 4.34. The largest absolute Gasteiger partial charge is 0.492 e. The first kappa shape index (κ1) is 12.3. The van der Waals surface area contributed by atoms with Crippen LogP contribution < -0.4 is 10.5 Å². The summed E-state index contributed by atoms with van der Waals surface area (Å²) in [6, 6.07) is 2.01. The molecule has 0 bridgehead atoms. The Morgan fingerprint density at radius 1 is 1.59 bits per heavy atom. The first-order chi connectivity index (χ1) is 8.29. The van der Waals surface area contributed by atoms with Crippen LogP contribution in [0.1, 0.15) is 31.4 Å². The Hall–Kier alpha value is -1.13. The third-order valence-electron chi connectivity index (χ3n) is 3.08. The molecule has 0 spiro atoms. The van der Waals surface area contributed by atoms with E-state index in [1.807, 2.05) is 19.2 Å². The molecule has 1 aliphatic heterocycles. The van der Waals surface area contributed by atoms with E-state index in [0.717, 1.165) is 37.4 Å². The molecule has 2 N–H and O–H groups in total. The number of ether oxygens (including phenoxy) is 2. The topological polar surface area (TPSA) is 57.4 Å². The standard InChI is InChI=1S/C13H20N2O2/c1-2-17-12-6-11(7-15-8-12)13(14)5-10-3-4-16-9-10/h6-8,10,13H,2-5,9,14H2,1H3. The zero-order chi connectivity index (χ0) is 12.1. The molecule has 0 amide bonds. The van der Waals surface area contributed by atoms with Gasteiger partial charge in [-0.05, 0) is 37.3 Å². The molecule has 1 aliphatic rings. The maximum atomic E-state index is 6.19. The maximum absolute atomic E-state index is 6.19. The normalized spacial score (nSPS) is 21.4. The van der Waals surface area contributed by atoms with E-state index >= 15 is 0 Å². The summed E-state index contributed by atoms with van der Waals surface area (Å²) in [6.45, 7) is 4.32. The molecule has 0 aliphatic carbocycles. The van der Waals surface area contributed by atoms with Gasteiger partial charge in [0, 0.05) is 25.5 Å². The van der Waals surface area contributed by atoms with Gasteiger partial charge in [0.15, 0.2) is 0 Å². The van der Waals surface area contributed by atoms with Gasteiger partial charge < -0.3 is 15.2 Å². The molecule has 4 nitrogen and oxygen atoms in total. The molecular formula is C13H20N2O2. The minimum Gasteiger partial charge on any atom is -0.492 e. The summed E-state index contributed by atoms with van der Waals surface area (Å²) >= 11 is 0. The SMILES string of the molecule is CCOc1cncc(C(N)CC2CCOC2)c1.